The van der Waals surface area contributed by atoms with Crippen LogP contribution in [-0.4, -0.2) is 63.6 Å². The van der Waals surface area contributed by atoms with Crippen molar-refractivity contribution in [2.45, 2.75) is 24.3 Å². The number of hydrogen-bond acceptors (Lipinski definition) is 6. The molecule has 0 bridgehead atoms. The highest BCUT2D eigenvalue weighted by Crippen LogP contribution is 2.22. The Bertz CT molecular complexity index is 1060. The van der Waals surface area contributed by atoms with E-state index in [9.17, 15) is 22.4 Å². The van der Waals surface area contributed by atoms with Gasteiger partial charge in [0.05, 0.1) is 19.8 Å². The third-order valence-corrected chi connectivity index (χ3v) is 6.85. The first kappa shape index (κ1) is 23.8. The Kier molecular flexibility index (Phi) is 7.94. The predicted molar refractivity (Wildman–Crippen MR) is 114 cm³/mol. The highest BCUT2D eigenvalue weighted by molar-refractivity contribution is 7.89. The Morgan fingerprint density at radius 1 is 1.16 bits per heavy atom. The Morgan fingerprint density at radius 3 is 2.50 bits per heavy atom. The van der Waals surface area contributed by atoms with Gasteiger partial charge in [0.25, 0.3) is 5.91 Å². The molecular weight excluding hydrogens is 439 g/mol. The van der Waals surface area contributed by atoms with E-state index in [0.717, 1.165) is 22.0 Å². The van der Waals surface area contributed by atoms with Crippen LogP contribution in [0.1, 0.15) is 22.8 Å². The number of nitrogens with zero attached hydrogens (tertiary/aromatic N) is 1. The molecule has 0 radical (unpaired) electrons. The van der Waals surface area contributed by atoms with Gasteiger partial charge in [0, 0.05) is 25.1 Å². The van der Waals surface area contributed by atoms with Gasteiger partial charge in [-0.2, -0.15) is 4.31 Å². The van der Waals surface area contributed by atoms with E-state index in [4.69, 9.17) is 9.47 Å². The fourth-order valence-electron chi connectivity index (χ4n) is 3.30. The van der Waals surface area contributed by atoms with E-state index in [0.29, 0.717) is 0 Å². The number of carbonyl (C=O) groups excluding carboxylic acids is 2. The summed E-state index contributed by atoms with van der Waals surface area (Å²) in [6.07, 6.45) is 0.186. The fraction of sp³-hybridized carbons (Fsp3) is 0.364. The highest BCUT2D eigenvalue weighted by Gasteiger charge is 2.30. The van der Waals surface area contributed by atoms with Crippen LogP contribution in [0.2, 0.25) is 0 Å². The summed E-state index contributed by atoms with van der Waals surface area (Å²) in [4.78, 5) is 24.6. The maximum atomic E-state index is 14.4. The maximum Gasteiger partial charge on any atom is 0.328 e. The van der Waals surface area contributed by atoms with E-state index < -0.39 is 38.7 Å². The number of nitrogens with one attached hydrogen (secondary N) is 1. The van der Waals surface area contributed by atoms with E-state index in [2.05, 4.69) is 5.32 Å². The second kappa shape index (κ2) is 10.7. The van der Waals surface area contributed by atoms with Gasteiger partial charge in [-0.15, -0.1) is 0 Å². The summed E-state index contributed by atoms with van der Waals surface area (Å²) < 4.78 is 51.5. The minimum atomic E-state index is -4.14. The van der Waals surface area contributed by atoms with Crippen molar-refractivity contribution in [3.05, 3.63) is 65.5 Å². The van der Waals surface area contributed by atoms with Crippen molar-refractivity contribution in [2.24, 2.45) is 0 Å². The van der Waals surface area contributed by atoms with Crippen molar-refractivity contribution in [3.63, 3.8) is 0 Å². The average Bonchev–Trinajstić information content (AvgIpc) is 2.80. The summed E-state index contributed by atoms with van der Waals surface area (Å²) in [6, 6.07) is 11.2. The van der Waals surface area contributed by atoms with Crippen LogP contribution in [-0.2, 0) is 30.7 Å². The van der Waals surface area contributed by atoms with Gasteiger partial charge in [0.15, 0.2) is 0 Å². The number of halogens is 1. The lowest BCUT2D eigenvalue weighted by molar-refractivity contribution is -0.145. The van der Waals surface area contributed by atoms with Crippen molar-refractivity contribution in [2.75, 3.05) is 32.9 Å². The van der Waals surface area contributed by atoms with E-state index in [1.807, 2.05) is 30.3 Å². The van der Waals surface area contributed by atoms with Gasteiger partial charge in [0.1, 0.15) is 16.8 Å². The van der Waals surface area contributed by atoms with Crippen molar-refractivity contribution >= 4 is 21.9 Å². The predicted octanol–water partition coefficient (Wildman–Crippen LogP) is 1.75. The van der Waals surface area contributed by atoms with E-state index in [1.54, 1.807) is 6.92 Å². The van der Waals surface area contributed by atoms with Gasteiger partial charge in [-0.1, -0.05) is 30.3 Å². The second-order valence-corrected chi connectivity index (χ2v) is 9.04. The SMILES string of the molecule is CCOC(=O)C(Cc1ccccc1)NC(=O)c1ccc(F)c(S(=O)(=O)N2CCOCC2)c1. The number of rotatable bonds is 8. The zero-order valence-corrected chi connectivity index (χ0v) is 18.4. The molecule has 3 rings (SSSR count). The van der Waals surface area contributed by atoms with Crippen molar-refractivity contribution < 1.29 is 31.9 Å². The molecule has 1 aliphatic rings. The Labute approximate surface area is 186 Å². The molecule has 1 atom stereocenters. The van der Waals surface area contributed by atoms with E-state index in [-0.39, 0.29) is 44.9 Å². The molecule has 0 spiro atoms. The number of esters is 1. The standard InChI is InChI=1S/C22H25FN2O6S/c1-2-31-22(27)19(14-16-6-4-3-5-7-16)24-21(26)17-8-9-18(23)20(15-17)32(28,29)25-10-12-30-13-11-25/h3-9,15,19H,2,10-14H2,1H3,(H,24,26). The Morgan fingerprint density at radius 2 is 1.84 bits per heavy atom. The molecule has 0 aromatic heterocycles. The molecule has 0 aliphatic carbocycles. The topological polar surface area (TPSA) is 102 Å². The number of ether oxygens (including phenoxy) is 2. The average molecular weight is 465 g/mol. The zero-order chi connectivity index (χ0) is 23.1. The van der Waals surface area contributed by atoms with Crippen LogP contribution >= 0.6 is 0 Å². The van der Waals surface area contributed by atoms with Crippen LogP contribution in [0.3, 0.4) is 0 Å². The summed E-state index contributed by atoms with van der Waals surface area (Å²) in [5.74, 6) is -2.29. The summed E-state index contributed by atoms with van der Waals surface area (Å²) in [6.45, 7) is 2.41. The fourth-order valence-corrected chi connectivity index (χ4v) is 4.79. The van der Waals surface area contributed by atoms with E-state index >= 15 is 0 Å². The molecular formula is C22H25FN2O6S. The summed E-state index contributed by atoms with van der Waals surface area (Å²) >= 11 is 0. The first-order chi connectivity index (χ1) is 15.3. The zero-order valence-electron chi connectivity index (χ0n) is 17.6. The molecule has 8 nitrogen and oxygen atoms in total. The lowest BCUT2D eigenvalue weighted by Crippen LogP contribution is -2.43. The molecule has 0 saturated carbocycles. The van der Waals surface area contributed by atoms with Crippen molar-refractivity contribution in [1.29, 1.82) is 0 Å². The lowest BCUT2D eigenvalue weighted by atomic mass is 10.1. The molecule has 1 N–H and O–H groups in total. The molecule has 1 fully saturated rings. The Balaban J connectivity index is 1.83. The van der Waals surface area contributed by atoms with Gasteiger partial charge in [-0.25, -0.2) is 17.6 Å². The Hall–Kier alpha value is -2.82. The second-order valence-electron chi connectivity index (χ2n) is 7.13. The number of hydrogen-bond donors (Lipinski definition) is 1. The molecule has 1 heterocycles. The minimum absolute atomic E-state index is 0.0828. The van der Waals surface area contributed by atoms with Gasteiger partial charge < -0.3 is 14.8 Å². The van der Waals surface area contributed by atoms with Gasteiger partial charge in [-0.3, -0.25) is 4.79 Å². The monoisotopic (exact) mass is 464 g/mol. The molecule has 1 aliphatic heterocycles. The molecule has 1 amide bonds. The molecule has 32 heavy (non-hydrogen) atoms. The number of morpholine rings is 1. The summed E-state index contributed by atoms with van der Waals surface area (Å²) in [5, 5.41) is 2.58. The lowest BCUT2D eigenvalue weighted by Gasteiger charge is -2.26. The van der Waals surface area contributed by atoms with Gasteiger partial charge in [0.2, 0.25) is 10.0 Å². The van der Waals surface area contributed by atoms with Gasteiger partial charge in [-0.05, 0) is 30.7 Å². The van der Waals surface area contributed by atoms with Crippen molar-refractivity contribution in [1.82, 2.24) is 9.62 Å². The first-order valence-electron chi connectivity index (χ1n) is 10.2. The maximum absolute atomic E-state index is 14.4. The molecule has 172 valence electrons. The van der Waals surface area contributed by atoms with Crippen LogP contribution in [0.25, 0.3) is 0 Å². The van der Waals surface area contributed by atoms with Crippen LogP contribution < -0.4 is 5.32 Å². The third kappa shape index (κ3) is 5.70. The largest absolute Gasteiger partial charge is 0.464 e. The number of carbonyl (C=O) groups is 2. The number of sulfonamides is 1. The van der Waals surface area contributed by atoms with Crippen molar-refractivity contribution in [3.8, 4) is 0 Å². The normalized spacial score (nSPS) is 15.7. The van der Waals surface area contributed by atoms with Crippen LogP contribution in [0, 0.1) is 5.82 Å². The quantitative estimate of drug-likeness (QED) is 0.598. The van der Waals surface area contributed by atoms with Crippen LogP contribution in [0.15, 0.2) is 53.4 Å². The molecule has 2 aromatic rings. The highest BCUT2D eigenvalue weighted by atomic mass is 32.2. The smallest absolute Gasteiger partial charge is 0.328 e. The van der Waals surface area contributed by atoms with Gasteiger partial charge >= 0.3 is 5.97 Å². The molecule has 1 unspecified atom stereocenters. The van der Waals surface area contributed by atoms with Crippen LogP contribution in [0.5, 0.6) is 0 Å². The minimum Gasteiger partial charge on any atom is -0.464 e. The first-order valence-corrected chi connectivity index (χ1v) is 11.7. The van der Waals surface area contributed by atoms with Crippen LogP contribution in [0.4, 0.5) is 4.39 Å². The number of benzene rings is 2. The van der Waals surface area contributed by atoms with E-state index in [1.165, 1.54) is 6.07 Å². The molecule has 10 heteroatoms. The summed E-state index contributed by atoms with van der Waals surface area (Å²) in [7, 11) is -4.14. The summed E-state index contributed by atoms with van der Waals surface area (Å²) in [5.41, 5.74) is 0.723. The third-order valence-electron chi connectivity index (χ3n) is 4.94. The molecule has 1 saturated heterocycles. The number of amides is 1. The molecule has 2 aromatic carbocycles.